The molecular formula is C35H35NO6S. The Bertz CT molecular complexity index is 1560. The molecule has 7 nitrogen and oxygen atoms in total. The Labute approximate surface area is 255 Å². The van der Waals surface area contributed by atoms with Gasteiger partial charge in [-0.3, -0.25) is 4.79 Å². The second-order valence-corrected chi connectivity index (χ2v) is 11.7. The maximum absolute atomic E-state index is 11.8. The lowest BCUT2D eigenvalue weighted by Gasteiger charge is -2.41. The van der Waals surface area contributed by atoms with Crippen molar-refractivity contribution in [2.45, 2.75) is 50.4 Å². The van der Waals surface area contributed by atoms with Crippen LogP contribution in [0.4, 0.5) is 0 Å². The summed E-state index contributed by atoms with van der Waals surface area (Å²) in [6.45, 7) is 4.01. The average Bonchev–Trinajstić information content (AvgIpc) is 3.03. The molecule has 222 valence electrons. The van der Waals surface area contributed by atoms with E-state index >= 15 is 0 Å². The quantitative estimate of drug-likeness (QED) is 0.173. The van der Waals surface area contributed by atoms with Gasteiger partial charge in [0.1, 0.15) is 0 Å². The SMILES string of the molecule is CC(=O)NCc1ccccc1-c1ccc([C@@H]2O[C@H](CSc3ccccc3C(=O)O)[C@H](C)[C@H](c3ccc(CO)cc3)O2)cc1. The van der Waals surface area contributed by atoms with Crippen molar-refractivity contribution in [3.63, 3.8) is 0 Å². The monoisotopic (exact) mass is 597 g/mol. The van der Waals surface area contributed by atoms with E-state index in [0.717, 1.165) is 33.4 Å². The molecule has 0 radical (unpaired) electrons. The van der Waals surface area contributed by atoms with E-state index in [2.05, 4.69) is 12.2 Å². The van der Waals surface area contributed by atoms with Crippen molar-refractivity contribution in [2.75, 3.05) is 5.75 Å². The number of carbonyl (C=O) groups excluding carboxylic acids is 1. The topological polar surface area (TPSA) is 105 Å². The molecule has 1 aliphatic heterocycles. The highest BCUT2D eigenvalue weighted by atomic mass is 32.2. The van der Waals surface area contributed by atoms with Gasteiger partial charge in [-0.1, -0.05) is 91.9 Å². The number of carbonyl (C=O) groups is 2. The molecule has 4 aromatic rings. The van der Waals surface area contributed by atoms with E-state index in [1.54, 1.807) is 12.1 Å². The number of aliphatic hydroxyl groups is 1. The van der Waals surface area contributed by atoms with Crippen molar-refractivity contribution in [2.24, 2.45) is 5.92 Å². The number of aliphatic hydroxyl groups excluding tert-OH is 1. The average molecular weight is 598 g/mol. The number of hydrogen-bond donors (Lipinski definition) is 3. The van der Waals surface area contributed by atoms with Crippen molar-refractivity contribution in [1.82, 2.24) is 5.32 Å². The zero-order chi connectivity index (χ0) is 30.3. The van der Waals surface area contributed by atoms with Crippen LogP contribution in [0.15, 0.2) is 102 Å². The molecule has 3 N–H and O–H groups in total. The maximum atomic E-state index is 11.8. The maximum Gasteiger partial charge on any atom is 0.336 e. The van der Waals surface area contributed by atoms with Crippen molar-refractivity contribution < 1.29 is 29.3 Å². The molecule has 1 fully saturated rings. The Morgan fingerprint density at radius 3 is 2.23 bits per heavy atom. The standard InChI is InChI=1S/C35H35NO6S/c1-22-31(21-43-32-10-6-5-9-30(32)34(39)40)41-35(42-33(22)26-13-11-24(20-37)12-14-26)27-17-15-25(16-18-27)29-8-4-3-7-28(29)19-36-23(2)38/h3-18,22,31,33,35,37H,19-21H2,1-2H3,(H,36,38)(H,39,40)/t22-,31+,33+,35+/m0/s1. The van der Waals surface area contributed by atoms with Gasteiger partial charge < -0.3 is 25.0 Å². The summed E-state index contributed by atoms with van der Waals surface area (Å²) in [7, 11) is 0. The van der Waals surface area contributed by atoms with Crippen LogP contribution in [-0.2, 0) is 27.4 Å². The van der Waals surface area contributed by atoms with Crippen molar-refractivity contribution in [3.05, 3.63) is 125 Å². The first kappa shape index (κ1) is 30.5. The molecule has 43 heavy (non-hydrogen) atoms. The van der Waals surface area contributed by atoms with Gasteiger partial charge in [0.25, 0.3) is 0 Å². The van der Waals surface area contributed by atoms with Crippen LogP contribution in [0.2, 0.25) is 0 Å². The third kappa shape index (κ3) is 7.35. The predicted octanol–water partition coefficient (Wildman–Crippen LogP) is 6.76. The molecule has 4 atom stereocenters. The lowest BCUT2D eigenvalue weighted by atomic mass is 9.91. The summed E-state index contributed by atoms with van der Waals surface area (Å²) in [4.78, 5) is 24.0. The van der Waals surface area contributed by atoms with E-state index < -0.39 is 12.3 Å². The molecule has 0 bridgehead atoms. The highest BCUT2D eigenvalue weighted by molar-refractivity contribution is 7.99. The second-order valence-electron chi connectivity index (χ2n) is 10.6. The molecule has 1 amide bonds. The summed E-state index contributed by atoms with van der Waals surface area (Å²) in [5, 5.41) is 22.1. The van der Waals surface area contributed by atoms with Gasteiger partial charge in [-0.2, -0.15) is 0 Å². The van der Waals surface area contributed by atoms with E-state index in [4.69, 9.17) is 9.47 Å². The van der Waals surface area contributed by atoms with Crippen molar-refractivity contribution >= 4 is 23.6 Å². The predicted molar refractivity (Wildman–Crippen MR) is 166 cm³/mol. The van der Waals surface area contributed by atoms with Gasteiger partial charge in [-0.05, 0) is 39.9 Å². The summed E-state index contributed by atoms with van der Waals surface area (Å²) < 4.78 is 13.1. The number of ether oxygens (including phenoxy) is 2. The minimum atomic E-state index is -0.956. The molecule has 5 rings (SSSR count). The zero-order valence-corrected chi connectivity index (χ0v) is 24.9. The van der Waals surface area contributed by atoms with Gasteiger partial charge in [0.05, 0.1) is 24.4 Å². The molecule has 0 unspecified atom stereocenters. The third-order valence-electron chi connectivity index (χ3n) is 7.68. The fourth-order valence-electron chi connectivity index (χ4n) is 5.25. The molecular weight excluding hydrogens is 562 g/mol. The summed E-state index contributed by atoms with van der Waals surface area (Å²) in [5.41, 5.74) is 6.03. The Morgan fingerprint density at radius 1 is 0.860 bits per heavy atom. The normalized spacial score (nSPS) is 20.0. The first-order valence-electron chi connectivity index (χ1n) is 14.2. The molecule has 0 saturated carbocycles. The number of aromatic carboxylic acids is 1. The summed E-state index contributed by atoms with van der Waals surface area (Å²) in [6, 6.07) is 30.8. The van der Waals surface area contributed by atoms with Crippen LogP contribution in [0.1, 0.15) is 58.9 Å². The first-order valence-corrected chi connectivity index (χ1v) is 15.2. The largest absolute Gasteiger partial charge is 0.478 e. The molecule has 0 aromatic heterocycles. The van der Waals surface area contributed by atoms with E-state index in [1.165, 1.54) is 18.7 Å². The van der Waals surface area contributed by atoms with Gasteiger partial charge in [-0.25, -0.2) is 4.79 Å². The lowest BCUT2D eigenvalue weighted by Crippen LogP contribution is -2.38. The molecule has 8 heteroatoms. The van der Waals surface area contributed by atoms with Crippen LogP contribution in [0.25, 0.3) is 11.1 Å². The van der Waals surface area contributed by atoms with E-state index in [9.17, 15) is 19.8 Å². The number of hydrogen-bond acceptors (Lipinski definition) is 6. The molecule has 1 saturated heterocycles. The lowest BCUT2D eigenvalue weighted by molar-refractivity contribution is -0.268. The zero-order valence-electron chi connectivity index (χ0n) is 24.1. The molecule has 1 aliphatic rings. The van der Waals surface area contributed by atoms with Crippen LogP contribution in [0.5, 0.6) is 0 Å². The smallest absolute Gasteiger partial charge is 0.336 e. The molecule has 1 heterocycles. The minimum absolute atomic E-state index is 0.0272. The molecule has 0 spiro atoms. The highest BCUT2D eigenvalue weighted by Gasteiger charge is 2.38. The Kier molecular flexibility index (Phi) is 9.94. The Hall–Kier alpha value is -3.95. The van der Waals surface area contributed by atoms with Crippen molar-refractivity contribution in [1.29, 1.82) is 0 Å². The minimum Gasteiger partial charge on any atom is -0.478 e. The van der Waals surface area contributed by atoms with Gasteiger partial charge in [-0.15, -0.1) is 11.8 Å². The van der Waals surface area contributed by atoms with E-state index in [-0.39, 0.29) is 36.2 Å². The highest BCUT2D eigenvalue weighted by Crippen LogP contribution is 2.43. The summed E-state index contributed by atoms with van der Waals surface area (Å²) in [6.07, 6.45) is -1.14. The Balaban J connectivity index is 1.41. The van der Waals surface area contributed by atoms with E-state index in [0.29, 0.717) is 17.2 Å². The fraction of sp³-hybridized carbons (Fsp3) is 0.257. The van der Waals surface area contributed by atoms with Gasteiger partial charge in [0, 0.05) is 35.6 Å². The van der Waals surface area contributed by atoms with Crippen LogP contribution in [-0.4, -0.2) is 33.9 Å². The number of thioether (sulfide) groups is 1. The van der Waals surface area contributed by atoms with Gasteiger partial charge in [0.15, 0.2) is 6.29 Å². The molecule has 4 aromatic carbocycles. The first-order chi connectivity index (χ1) is 20.8. The summed E-state index contributed by atoms with van der Waals surface area (Å²) >= 11 is 1.47. The molecule has 0 aliphatic carbocycles. The third-order valence-corrected chi connectivity index (χ3v) is 8.85. The van der Waals surface area contributed by atoms with Crippen LogP contribution >= 0.6 is 11.8 Å². The van der Waals surface area contributed by atoms with Crippen molar-refractivity contribution in [3.8, 4) is 11.1 Å². The van der Waals surface area contributed by atoms with Gasteiger partial charge >= 0.3 is 5.97 Å². The number of rotatable bonds is 10. The second kappa shape index (κ2) is 14.0. The number of nitrogens with one attached hydrogen (secondary N) is 1. The number of carboxylic acid groups (broad SMARTS) is 1. The number of amides is 1. The van der Waals surface area contributed by atoms with E-state index in [1.807, 2.05) is 84.9 Å². The fourth-order valence-corrected chi connectivity index (χ4v) is 6.46. The van der Waals surface area contributed by atoms with Crippen LogP contribution < -0.4 is 5.32 Å². The Morgan fingerprint density at radius 2 is 1.53 bits per heavy atom. The van der Waals surface area contributed by atoms with Crippen LogP contribution in [0.3, 0.4) is 0 Å². The number of benzene rings is 4. The van der Waals surface area contributed by atoms with Crippen LogP contribution in [0, 0.1) is 5.92 Å². The number of carboxylic acids is 1. The van der Waals surface area contributed by atoms with Gasteiger partial charge in [0.2, 0.25) is 5.91 Å². The summed E-state index contributed by atoms with van der Waals surface area (Å²) in [5.74, 6) is -0.514.